The number of carbonyl (C=O) groups is 2. The van der Waals surface area contributed by atoms with Gasteiger partial charge in [-0.1, -0.05) is 36.4 Å². The van der Waals surface area contributed by atoms with E-state index in [4.69, 9.17) is 5.73 Å². The van der Waals surface area contributed by atoms with Gasteiger partial charge in [-0.2, -0.15) is 0 Å². The fourth-order valence-corrected chi connectivity index (χ4v) is 4.91. The smallest absolute Gasteiger partial charge is 0.322 e. The molecule has 152 valence electrons. The molecule has 6 heteroatoms. The Morgan fingerprint density at radius 3 is 2.34 bits per heavy atom. The minimum atomic E-state index is -0.488. The van der Waals surface area contributed by atoms with E-state index >= 15 is 0 Å². The molecule has 2 aromatic carbocycles. The zero-order valence-corrected chi connectivity index (χ0v) is 17.0. The third-order valence-electron chi connectivity index (χ3n) is 6.72. The highest BCUT2D eigenvalue weighted by atomic mass is 16.2. The van der Waals surface area contributed by atoms with Crippen LogP contribution in [0.3, 0.4) is 0 Å². The highest BCUT2D eigenvalue weighted by Gasteiger charge is 2.50. The molecule has 0 atom stereocenters. The molecule has 3 N–H and O–H groups in total. The van der Waals surface area contributed by atoms with Crippen LogP contribution in [0, 0.1) is 0 Å². The van der Waals surface area contributed by atoms with Crippen molar-refractivity contribution in [2.24, 2.45) is 5.73 Å². The topological polar surface area (TPSA) is 78.7 Å². The summed E-state index contributed by atoms with van der Waals surface area (Å²) >= 11 is 0. The number of nitrogens with one attached hydrogen (secondary N) is 1. The molecule has 29 heavy (non-hydrogen) atoms. The number of nitrogens with zero attached hydrogens (tertiary/aromatic N) is 2. The number of primary amides is 1. The normalized spacial score (nSPS) is 26.7. The average Bonchev–Trinajstić information content (AvgIpc) is 3.05. The fourth-order valence-electron chi connectivity index (χ4n) is 4.91. The summed E-state index contributed by atoms with van der Waals surface area (Å²) in [6.45, 7) is 0.604. The van der Waals surface area contributed by atoms with E-state index in [0.717, 1.165) is 25.7 Å². The molecule has 0 unspecified atom stereocenters. The SMILES string of the molecule is CN(C)[C@]1(c2ccccc2)CC[C@@]2(CC1)CN(c1cccc(C(N)=O)c1)C(=O)N2. The number of urea groups is 1. The van der Waals surface area contributed by atoms with Crippen molar-refractivity contribution >= 4 is 17.6 Å². The summed E-state index contributed by atoms with van der Waals surface area (Å²) in [6, 6.07) is 17.5. The Hall–Kier alpha value is -2.86. The van der Waals surface area contributed by atoms with Gasteiger partial charge in [-0.25, -0.2) is 4.79 Å². The molecule has 2 aliphatic rings. The van der Waals surface area contributed by atoms with Crippen molar-refractivity contribution in [3.8, 4) is 0 Å². The molecular formula is C23H28N4O2. The highest BCUT2D eigenvalue weighted by molar-refractivity contribution is 5.98. The number of hydrogen-bond donors (Lipinski definition) is 2. The first kappa shape index (κ1) is 19.5. The summed E-state index contributed by atoms with van der Waals surface area (Å²) < 4.78 is 0. The number of nitrogens with two attached hydrogens (primary N) is 1. The monoisotopic (exact) mass is 392 g/mol. The minimum Gasteiger partial charge on any atom is -0.366 e. The van der Waals surface area contributed by atoms with Crippen LogP contribution in [-0.2, 0) is 5.54 Å². The lowest BCUT2D eigenvalue weighted by Gasteiger charge is -2.48. The molecule has 2 fully saturated rings. The standard InChI is InChI=1S/C23H28N4O2/c1-26(2)23(18-8-4-3-5-9-18)13-11-22(12-14-23)16-27(21(29)25-22)19-10-6-7-17(15-19)20(24)28/h3-10,15H,11-14,16H2,1-2H3,(H2,24,28)(H,25,29)/t22-,23-. The van der Waals surface area contributed by atoms with Gasteiger partial charge >= 0.3 is 6.03 Å². The van der Waals surface area contributed by atoms with E-state index in [1.165, 1.54) is 5.56 Å². The van der Waals surface area contributed by atoms with E-state index in [0.29, 0.717) is 17.8 Å². The molecule has 1 saturated carbocycles. The van der Waals surface area contributed by atoms with E-state index in [1.807, 2.05) is 12.1 Å². The van der Waals surface area contributed by atoms with Crippen LogP contribution in [0.25, 0.3) is 0 Å². The van der Waals surface area contributed by atoms with Gasteiger partial charge in [-0.15, -0.1) is 0 Å². The maximum Gasteiger partial charge on any atom is 0.322 e. The second-order valence-electron chi connectivity index (χ2n) is 8.50. The van der Waals surface area contributed by atoms with Crippen molar-refractivity contribution in [1.82, 2.24) is 10.2 Å². The zero-order valence-electron chi connectivity index (χ0n) is 17.0. The van der Waals surface area contributed by atoms with Gasteiger partial charge in [0.25, 0.3) is 0 Å². The molecular weight excluding hydrogens is 364 g/mol. The quantitative estimate of drug-likeness (QED) is 0.839. The average molecular weight is 393 g/mol. The van der Waals surface area contributed by atoms with Crippen LogP contribution < -0.4 is 16.0 Å². The summed E-state index contributed by atoms with van der Waals surface area (Å²) in [5.74, 6) is -0.488. The van der Waals surface area contributed by atoms with Crippen LogP contribution in [0.5, 0.6) is 0 Å². The van der Waals surface area contributed by atoms with Gasteiger partial charge in [0, 0.05) is 16.8 Å². The second-order valence-corrected chi connectivity index (χ2v) is 8.50. The molecule has 0 radical (unpaired) electrons. The minimum absolute atomic E-state index is 0.0173. The van der Waals surface area contributed by atoms with Gasteiger partial charge in [0.1, 0.15) is 0 Å². The van der Waals surface area contributed by atoms with Crippen molar-refractivity contribution in [3.05, 3.63) is 65.7 Å². The molecule has 2 aromatic rings. The van der Waals surface area contributed by atoms with Crippen LogP contribution in [0.15, 0.2) is 54.6 Å². The molecule has 0 aromatic heterocycles. The number of amides is 3. The van der Waals surface area contributed by atoms with E-state index in [-0.39, 0.29) is 17.1 Å². The molecule has 1 spiro atoms. The summed E-state index contributed by atoms with van der Waals surface area (Å²) in [5.41, 5.74) is 7.60. The Labute approximate surface area is 171 Å². The van der Waals surface area contributed by atoms with E-state index in [2.05, 4.69) is 48.6 Å². The predicted octanol–water partition coefficient (Wildman–Crippen LogP) is 3.09. The van der Waals surface area contributed by atoms with Crippen LogP contribution >= 0.6 is 0 Å². The van der Waals surface area contributed by atoms with Gasteiger partial charge in [-0.3, -0.25) is 14.6 Å². The maximum absolute atomic E-state index is 12.8. The molecule has 1 aliphatic heterocycles. The molecule has 0 bridgehead atoms. The van der Waals surface area contributed by atoms with E-state index < -0.39 is 5.91 Å². The molecule has 1 saturated heterocycles. The third kappa shape index (κ3) is 3.38. The maximum atomic E-state index is 12.8. The van der Waals surface area contributed by atoms with Crippen molar-refractivity contribution in [2.75, 3.05) is 25.5 Å². The molecule has 6 nitrogen and oxygen atoms in total. The first-order valence-corrected chi connectivity index (χ1v) is 10.1. The third-order valence-corrected chi connectivity index (χ3v) is 6.72. The molecule has 4 rings (SSSR count). The number of benzene rings is 2. The second kappa shape index (κ2) is 7.19. The lowest BCUT2D eigenvalue weighted by atomic mass is 9.69. The lowest BCUT2D eigenvalue weighted by Crippen LogP contribution is -2.54. The van der Waals surface area contributed by atoms with Crippen LogP contribution in [0.4, 0.5) is 10.5 Å². The molecule has 3 amide bonds. The van der Waals surface area contributed by atoms with Gasteiger partial charge < -0.3 is 11.1 Å². The molecule has 1 heterocycles. The van der Waals surface area contributed by atoms with Gasteiger partial charge in [0.2, 0.25) is 5.91 Å². The number of rotatable bonds is 4. The number of hydrogen-bond acceptors (Lipinski definition) is 3. The van der Waals surface area contributed by atoms with Crippen molar-refractivity contribution in [3.63, 3.8) is 0 Å². The van der Waals surface area contributed by atoms with E-state index in [9.17, 15) is 9.59 Å². The predicted molar refractivity (Wildman–Crippen MR) is 114 cm³/mol. The summed E-state index contributed by atoms with van der Waals surface area (Å²) in [4.78, 5) is 28.3. The zero-order chi connectivity index (χ0) is 20.6. The van der Waals surface area contributed by atoms with Gasteiger partial charge in [-0.05, 0) is 63.5 Å². The van der Waals surface area contributed by atoms with Crippen molar-refractivity contribution < 1.29 is 9.59 Å². The fraction of sp³-hybridized carbons (Fsp3) is 0.391. The largest absolute Gasteiger partial charge is 0.366 e. The number of anilines is 1. The van der Waals surface area contributed by atoms with Crippen LogP contribution in [-0.4, -0.2) is 43.0 Å². The first-order chi connectivity index (χ1) is 13.9. The Balaban J connectivity index is 1.55. The summed E-state index contributed by atoms with van der Waals surface area (Å²) in [5, 5.41) is 3.25. The Morgan fingerprint density at radius 1 is 1.03 bits per heavy atom. The Morgan fingerprint density at radius 2 is 1.72 bits per heavy atom. The lowest BCUT2D eigenvalue weighted by molar-refractivity contribution is 0.0658. The Bertz CT molecular complexity index is 917. The molecule has 1 aliphatic carbocycles. The number of carbonyl (C=O) groups excluding carboxylic acids is 2. The van der Waals surface area contributed by atoms with Gasteiger partial charge in [0.05, 0.1) is 12.1 Å². The Kier molecular flexibility index (Phi) is 4.82. The van der Waals surface area contributed by atoms with Crippen LogP contribution in [0.1, 0.15) is 41.6 Å². The van der Waals surface area contributed by atoms with Crippen molar-refractivity contribution in [2.45, 2.75) is 36.8 Å². The van der Waals surface area contributed by atoms with Crippen LogP contribution in [0.2, 0.25) is 0 Å². The first-order valence-electron chi connectivity index (χ1n) is 10.1. The van der Waals surface area contributed by atoms with Crippen molar-refractivity contribution in [1.29, 1.82) is 0 Å². The van der Waals surface area contributed by atoms with E-state index in [1.54, 1.807) is 23.1 Å². The highest BCUT2D eigenvalue weighted by Crippen LogP contribution is 2.46. The summed E-state index contributed by atoms with van der Waals surface area (Å²) in [6.07, 6.45) is 3.74. The van der Waals surface area contributed by atoms with Gasteiger partial charge in [0.15, 0.2) is 0 Å². The summed E-state index contributed by atoms with van der Waals surface area (Å²) in [7, 11) is 4.28.